The molecule has 7 heteroatoms. The minimum Gasteiger partial charge on any atom is -0.326 e. The third kappa shape index (κ3) is 3.69. The molecule has 1 aliphatic carbocycles. The molecule has 126 valence electrons. The number of aromatic nitrogens is 3. The number of carbonyl (C=O) groups is 1. The Bertz CT molecular complexity index is 586. The lowest BCUT2D eigenvalue weighted by molar-refractivity contribution is -0.133. The van der Waals surface area contributed by atoms with E-state index >= 15 is 0 Å². The van der Waals surface area contributed by atoms with Crippen LogP contribution in [0.3, 0.4) is 0 Å². The number of nitriles is 1. The summed E-state index contributed by atoms with van der Waals surface area (Å²) in [5, 5.41) is 18.1. The number of carbonyl (C=O) groups excluding carboxylic acids is 1. The first kappa shape index (κ1) is 17.8. The van der Waals surface area contributed by atoms with Gasteiger partial charge in [0.15, 0.2) is 5.16 Å². The van der Waals surface area contributed by atoms with Gasteiger partial charge in [0, 0.05) is 13.1 Å². The maximum absolute atomic E-state index is 12.8. The molecule has 1 amide bonds. The summed E-state index contributed by atoms with van der Waals surface area (Å²) >= 11 is 1.40. The summed E-state index contributed by atoms with van der Waals surface area (Å²) in [6.07, 6.45) is 6.39. The highest BCUT2D eigenvalue weighted by molar-refractivity contribution is 8.00. The predicted molar refractivity (Wildman–Crippen MR) is 89.9 cm³/mol. The van der Waals surface area contributed by atoms with Gasteiger partial charge in [0.2, 0.25) is 5.91 Å². The largest absolute Gasteiger partial charge is 0.326 e. The molecule has 0 aliphatic heterocycles. The normalized spacial score (nSPS) is 18.4. The van der Waals surface area contributed by atoms with Gasteiger partial charge in [0.1, 0.15) is 11.9 Å². The van der Waals surface area contributed by atoms with Crippen molar-refractivity contribution >= 4 is 17.7 Å². The van der Waals surface area contributed by atoms with Crippen molar-refractivity contribution in [2.24, 2.45) is 0 Å². The lowest BCUT2D eigenvalue weighted by Crippen LogP contribution is -2.52. The van der Waals surface area contributed by atoms with Gasteiger partial charge in [-0.2, -0.15) is 5.26 Å². The Morgan fingerprint density at radius 1 is 1.39 bits per heavy atom. The Kier molecular flexibility index (Phi) is 5.69. The fraction of sp³-hybridized carbons (Fsp3) is 0.750. The molecular weight excluding hydrogens is 310 g/mol. The van der Waals surface area contributed by atoms with Crippen LogP contribution in [0.15, 0.2) is 11.5 Å². The number of nitrogens with zero attached hydrogens (tertiary/aromatic N) is 5. The van der Waals surface area contributed by atoms with Crippen LogP contribution in [0.25, 0.3) is 0 Å². The summed E-state index contributed by atoms with van der Waals surface area (Å²) in [7, 11) is 1.76. The van der Waals surface area contributed by atoms with Gasteiger partial charge in [-0.15, -0.1) is 10.2 Å². The molecule has 1 atom stereocenters. The van der Waals surface area contributed by atoms with Crippen LogP contribution in [-0.4, -0.2) is 43.4 Å². The molecule has 0 aromatic carbocycles. The Hall–Kier alpha value is -1.55. The van der Waals surface area contributed by atoms with E-state index in [1.807, 2.05) is 11.5 Å². The van der Waals surface area contributed by atoms with Gasteiger partial charge in [0.25, 0.3) is 0 Å². The number of hydrogen-bond acceptors (Lipinski definition) is 5. The van der Waals surface area contributed by atoms with Crippen LogP contribution in [0.2, 0.25) is 0 Å². The first-order valence-electron chi connectivity index (χ1n) is 8.16. The fourth-order valence-electron chi connectivity index (χ4n) is 3.02. The van der Waals surface area contributed by atoms with Crippen molar-refractivity contribution in [2.45, 2.75) is 74.9 Å². The molecular formula is C16H25N5OS. The Morgan fingerprint density at radius 2 is 2.04 bits per heavy atom. The lowest BCUT2D eigenvalue weighted by Gasteiger charge is -2.40. The molecule has 0 N–H and O–H groups in total. The molecule has 0 radical (unpaired) electrons. The van der Waals surface area contributed by atoms with Gasteiger partial charge in [0.05, 0.1) is 11.3 Å². The molecule has 0 bridgehead atoms. The van der Waals surface area contributed by atoms with Crippen molar-refractivity contribution in [3.05, 3.63) is 6.33 Å². The maximum atomic E-state index is 12.8. The van der Waals surface area contributed by atoms with Crippen LogP contribution >= 0.6 is 11.8 Å². The van der Waals surface area contributed by atoms with Gasteiger partial charge in [-0.05, 0) is 33.6 Å². The van der Waals surface area contributed by atoms with Crippen molar-refractivity contribution < 1.29 is 4.79 Å². The summed E-state index contributed by atoms with van der Waals surface area (Å²) in [6.45, 7) is 5.98. The van der Waals surface area contributed by atoms with Gasteiger partial charge < -0.3 is 9.47 Å². The van der Waals surface area contributed by atoms with Gasteiger partial charge in [-0.3, -0.25) is 4.79 Å². The first-order valence-corrected chi connectivity index (χ1v) is 9.04. The smallest absolute Gasteiger partial charge is 0.236 e. The summed E-state index contributed by atoms with van der Waals surface area (Å²) in [5.74, 6) is -0.0169. The van der Waals surface area contributed by atoms with Gasteiger partial charge in [-0.1, -0.05) is 31.0 Å². The van der Waals surface area contributed by atoms with E-state index in [0.29, 0.717) is 0 Å². The van der Waals surface area contributed by atoms with E-state index in [0.717, 1.165) is 37.3 Å². The first-order chi connectivity index (χ1) is 10.9. The molecule has 1 aromatic heterocycles. The number of rotatable bonds is 5. The van der Waals surface area contributed by atoms with E-state index in [1.165, 1.54) is 11.8 Å². The molecule has 1 aliphatic rings. The van der Waals surface area contributed by atoms with E-state index < -0.39 is 5.54 Å². The second-order valence-electron chi connectivity index (χ2n) is 6.48. The molecule has 1 aromatic rings. The molecule has 2 rings (SSSR count). The van der Waals surface area contributed by atoms with Crippen LogP contribution in [0.4, 0.5) is 0 Å². The molecule has 1 heterocycles. The quantitative estimate of drug-likeness (QED) is 0.773. The minimum absolute atomic E-state index is 0.0169. The molecule has 6 nitrogen and oxygen atoms in total. The van der Waals surface area contributed by atoms with Crippen LogP contribution in [0.1, 0.15) is 58.9 Å². The van der Waals surface area contributed by atoms with Crippen molar-refractivity contribution in [1.82, 2.24) is 19.7 Å². The number of thioether (sulfide) groups is 1. The molecule has 0 spiro atoms. The second-order valence-corrected chi connectivity index (χ2v) is 7.78. The number of amides is 1. The van der Waals surface area contributed by atoms with E-state index in [1.54, 1.807) is 18.3 Å². The van der Waals surface area contributed by atoms with E-state index in [9.17, 15) is 10.1 Å². The molecule has 0 unspecified atom stereocenters. The van der Waals surface area contributed by atoms with Crippen LogP contribution in [0, 0.1) is 11.3 Å². The van der Waals surface area contributed by atoms with Gasteiger partial charge in [-0.25, -0.2) is 0 Å². The average molecular weight is 335 g/mol. The lowest BCUT2D eigenvalue weighted by atomic mass is 9.81. The predicted octanol–water partition coefficient (Wildman–Crippen LogP) is 3.02. The topological polar surface area (TPSA) is 74.8 Å². The van der Waals surface area contributed by atoms with Gasteiger partial charge >= 0.3 is 0 Å². The zero-order valence-electron chi connectivity index (χ0n) is 14.3. The average Bonchev–Trinajstić information content (AvgIpc) is 3.02. The molecule has 23 heavy (non-hydrogen) atoms. The number of hydrogen-bond donors (Lipinski definition) is 0. The summed E-state index contributed by atoms with van der Waals surface area (Å²) in [4.78, 5) is 14.5. The van der Waals surface area contributed by atoms with Crippen LogP contribution in [0.5, 0.6) is 0 Å². The highest BCUT2D eigenvalue weighted by atomic mass is 32.2. The van der Waals surface area contributed by atoms with E-state index in [4.69, 9.17) is 0 Å². The molecule has 0 saturated heterocycles. The van der Waals surface area contributed by atoms with E-state index in [-0.39, 0.29) is 17.2 Å². The Balaban J connectivity index is 2.09. The zero-order valence-corrected chi connectivity index (χ0v) is 15.1. The Morgan fingerprint density at radius 3 is 2.61 bits per heavy atom. The third-order valence-electron chi connectivity index (χ3n) is 4.59. The van der Waals surface area contributed by atoms with Crippen LogP contribution in [-0.2, 0) is 4.79 Å². The molecule has 1 saturated carbocycles. The monoisotopic (exact) mass is 335 g/mol. The van der Waals surface area contributed by atoms with Crippen molar-refractivity contribution in [3.8, 4) is 6.07 Å². The zero-order chi connectivity index (χ0) is 17.0. The highest BCUT2D eigenvalue weighted by Crippen LogP contribution is 2.34. The summed E-state index contributed by atoms with van der Waals surface area (Å²) < 4.78 is 1.95. The van der Waals surface area contributed by atoms with E-state index in [2.05, 4.69) is 30.1 Å². The standard InChI is InChI=1S/C16H25N5OS/c1-12(2)21-11-18-19-15(21)23-13(3)14(22)20(4)16(10-17)8-6-5-7-9-16/h11-13H,5-9H2,1-4H3/t13-/m1/s1. The maximum Gasteiger partial charge on any atom is 0.236 e. The van der Waals surface area contributed by atoms with Crippen molar-refractivity contribution in [2.75, 3.05) is 7.05 Å². The second kappa shape index (κ2) is 7.35. The highest BCUT2D eigenvalue weighted by Gasteiger charge is 2.40. The summed E-state index contributed by atoms with van der Waals surface area (Å²) in [6, 6.07) is 2.65. The fourth-order valence-corrected chi connectivity index (χ4v) is 4.07. The SMILES string of the molecule is CC(C)n1cnnc1S[C@H](C)C(=O)N(C)C1(C#N)CCCCC1. The minimum atomic E-state index is -0.643. The molecule has 1 fully saturated rings. The van der Waals surface area contributed by atoms with Crippen molar-refractivity contribution in [1.29, 1.82) is 5.26 Å². The third-order valence-corrected chi connectivity index (χ3v) is 5.65. The van der Waals surface area contributed by atoms with Crippen LogP contribution < -0.4 is 0 Å². The Labute approximate surface area is 142 Å². The summed E-state index contributed by atoms with van der Waals surface area (Å²) in [5.41, 5.74) is -0.643. The van der Waals surface area contributed by atoms with Crippen molar-refractivity contribution in [3.63, 3.8) is 0 Å².